The van der Waals surface area contributed by atoms with E-state index in [1.54, 1.807) is 30.3 Å². The first-order valence-corrected chi connectivity index (χ1v) is 11.4. The Bertz CT molecular complexity index is 1730. The molecule has 0 aliphatic carbocycles. The molecule has 8 nitrogen and oxygen atoms in total. The van der Waals surface area contributed by atoms with E-state index in [4.69, 9.17) is 0 Å². The van der Waals surface area contributed by atoms with Gasteiger partial charge >= 0.3 is 24.3 Å². The zero-order valence-electron chi connectivity index (χ0n) is 20.0. The van der Waals surface area contributed by atoms with E-state index in [9.17, 15) is 35.9 Å². The van der Waals surface area contributed by atoms with Crippen LogP contribution in [0.1, 0.15) is 22.8 Å². The van der Waals surface area contributed by atoms with Crippen LogP contribution in [0, 0.1) is 0 Å². The molecule has 3 aromatic rings. The molecule has 2 aliphatic rings. The maximum Gasteiger partial charge on any atom is 0.422 e. The molecule has 8 bridgehead atoms. The fourth-order valence-electron chi connectivity index (χ4n) is 3.92. The Kier molecular flexibility index (Phi) is 6.69. The van der Waals surface area contributed by atoms with Crippen molar-refractivity contribution in [2.24, 2.45) is 0 Å². The molecular formula is C26H16F6N4O4. The van der Waals surface area contributed by atoms with Crippen molar-refractivity contribution in [3.8, 4) is 0 Å². The number of hydrogen-bond donors (Lipinski definition) is 2. The van der Waals surface area contributed by atoms with Gasteiger partial charge in [-0.15, -0.1) is 0 Å². The minimum absolute atomic E-state index is 0.197. The summed E-state index contributed by atoms with van der Waals surface area (Å²) in [6.45, 7) is -4.01. The van der Waals surface area contributed by atoms with Crippen molar-refractivity contribution in [1.29, 1.82) is 0 Å². The summed E-state index contributed by atoms with van der Waals surface area (Å²) in [5, 5.41) is 0. The van der Waals surface area contributed by atoms with E-state index < -0.39 is 48.7 Å². The molecular weight excluding hydrogens is 546 g/mol. The molecule has 2 N–H and O–H groups in total. The van der Waals surface area contributed by atoms with Crippen molar-refractivity contribution in [2.75, 3.05) is 13.2 Å². The highest BCUT2D eigenvalue weighted by Crippen LogP contribution is 2.34. The lowest BCUT2D eigenvalue weighted by atomic mass is 10.0. The van der Waals surface area contributed by atoms with E-state index in [1.165, 1.54) is 18.2 Å². The second kappa shape index (κ2) is 10.0. The van der Waals surface area contributed by atoms with E-state index in [-0.39, 0.29) is 17.1 Å². The molecule has 0 saturated carbocycles. The lowest BCUT2D eigenvalue weighted by molar-refractivity contribution is -0.182. The van der Waals surface area contributed by atoms with Crippen molar-refractivity contribution < 1.29 is 45.4 Å². The van der Waals surface area contributed by atoms with Gasteiger partial charge in [-0.2, -0.15) is 26.3 Å². The number of aromatic amines is 2. The minimum Gasteiger partial charge on any atom is -0.452 e. The summed E-state index contributed by atoms with van der Waals surface area (Å²) >= 11 is 0. The Balaban J connectivity index is 1.75. The average Bonchev–Trinajstić information content (AvgIpc) is 3.64. The summed E-state index contributed by atoms with van der Waals surface area (Å²) in [5.74, 6) is -3.26. The largest absolute Gasteiger partial charge is 0.452 e. The number of nitrogens with zero attached hydrogens (tertiary/aromatic N) is 2. The van der Waals surface area contributed by atoms with Crippen LogP contribution in [0.3, 0.4) is 0 Å². The van der Waals surface area contributed by atoms with Gasteiger partial charge in [-0.25, -0.2) is 19.6 Å². The number of fused-ring (bicyclic) bond motifs is 8. The fraction of sp³-hybridized carbons (Fsp3) is 0.154. The van der Waals surface area contributed by atoms with Crippen LogP contribution in [-0.2, 0) is 19.1 Å². The third kappa shape index (κ3) is 6.22. The fourth-order valence-corrected chi connectivity index (χ4v) is 3.92. The number of nitrogens with one attached hydrogen (secondary N) is 2. The molecule has 2 aliphatic heterocycles. The number of aromatic nitrogens is 4. The van der Waals surface area contributed by atoms with Gasteiger partial charge in [-0.3, -0.25) is 0 Å². The van der Waals surface area contributed by atoms with Crippen LogP contribution in [0.15, 0.2) is 48.5 Å². The maximum atomic E-state index is 12.9. The number of carbonyl (C=O) groups is 2. The summed E-state index contributed by atoms with van der Waals surface area (Å²) in [5.41, 5.74) is 0.728. The van der Waals surface area contributed by atoms with E-state index >= 15 is 0 Å². The van der Waals surface area contributed by atoms with Gasteiger partial charge < -0.3 is 19.4 Å². The SMILES string of the molecule is O=C(OCC(F)(F)F)C1=C(C(=O)OCC(F)(F)F)c2cc3ccc(cc4ccc(cc5nc(cc1n2)C=C5)[nH]4)[nH]3. The van der Waals surface area contributed by atoms with Gasteiger partial charge in [0, 0.05) is 22.1 Å². The number of alkyl halides is 6. The van der Waals surface area contributed by atoms with Gasteiger partial charge in [-0.1, -0.05) is 0 Å². The minimum atomic E-state index is -4.91. The van der Waals surface area contributed by atoms with Crippen LogP contribution < -0.4 is 0 Å². The van der Waals surface area contributed by atoms with Crippen LogP contribution in [0.4, 0.5) is 26.3 Å². The monoisotopic (exact) mass is 562 g/mol. The molecule has 0 unspecified atom stereocenters. The molecule has 40 heavy (non-hydrogen) atoms. The maximum absolute atomic E-state index is 12.9. The third-order valence-corrected chi connectivity index (χ3v) is 5.48. The molecule has 206 valence electrons. The van der Waals surface area contributed by atoms with Crippen molar-refractivity contribution in [3.63, 3.8) is 0 Å². The number of ether oxygens (including phenoxy) is 2. The van der Waals surface area contributed by atoms with E-state index in [0.717, 1.165) is 5.52 Å². The number of rotatable bonds is 4. The molecule has 0 spiro atoms. The summed E-state index contributed by atoms with van der Waals surface area (Å²) in [6, 6.07) is 12.8. The topological polar surface area (TPSA) is 110 Å². The number of carbonyl (C=O) groups excluding carboxylic acids is 2. The summed E-state index contributed by atoms with van der Waals surface area (Å²) < 4.78 is 85.5. The van der Waals surface area contributed by atoms with E-state index in [1.807, 2.05) is 12.1 Å². The molecule has 0 saturated heterocycles. The molecule has 0 atom stereocenters. The molecule has 0 fully saturated rings. The van der Waals surface area contributed by atoms with Gasteiger partial charge in [0.15, 0.2) is 13.2 Å². The first kappa shape index (κ1) is 26.7. The Hall–Kier alpha value is -4.88. The lowest BCUT2D eigenvalue weighted by Crippen LogP contribution is -2.23. The van der Waals surface area contributed by atoms with E-state index in [2.05, 4.69) is 29.4 Å². The van der Waals surface area contributed by atoms with Gasteiger partial charge in [0.05, 0.1) is 22.8 Å². The molecule has 0 radical (unpaired) electrons. The molecule has 5 rings (SSSR count). The number of H-pyrrole nitrogens is 2. The number of halogens is 6. The van der Waals surface area contributed by atoms with Crippen molar-refractivity contribution in [3.05, 3.63) is 71.3 Å². The van der Waals surface area contributed by atoms with Gasteiger partial charge in [-0.05, 0) is 60.7 Å². The number of esters is 2. The molecule has 0 amide bonds. The smallest absolute Gasteiger partial charge is 0.422 e. The summed E-state index contributed by atoms with van der Waals surface area (Å²) in [7, 11) is 0. The third-order valence-electron chi connectivity index (χ3n) is 5.48. The highest BCUT2D eigenvalue weighted by atomic mass is 19.4. The zero-order valence-corrected chi connectivity index (χ0v) is 20.0. The summed E-state index contributed by atoms with van der Waals surface area (Å²) in [4.78, 5) is 40.5. The van der Waals surface area contributed by atoms with Gasteiger partial charge in [0.2, 0.25) is 0 Å². The molecule has 14 heteroatoms. The van der Waals surface area contributed by atoms with Crippen LogP contribution in [0.2, 0.25) is 0 Å². The van der Waals surface area contributed by atoms with Gasteiger partial charge in [0.1, 0.15) is 11.1 Å². The Morgan fingerprint density at radius 3 is 1.55 bits per heavy atom. The molecule has 5 heterocycles. The van der Waals surface area contributed by atoms with Crippen molar-refractivity contribution in [1.82, 2.24) is 19.9 Å². The average molecular weight is 562 g/mol. The quantitative estimate of drug-likeness (QED) is 0.247. The predicted molar refractivity (Wildman–Crippen MR) is 131 cm³/mol. The lowest BCUT2D eigenvalue weighted by Gasteiger charge is -2.11. The first-order valence-electron chi connectivity index (χ1n) is 11.4. The summed E-state index contributed by atoms with van der Waals surface area (Å²) in [6.07, 6.45) is -6.70. The van der Waals surface area contributed by atoms with Crippen LogP contribution in [0.25, 0.3) is 45.4 Å². The predicted octanol–water partition coefficient (Wildman–Crippen LogP) is 5.61. The molecule has 3 aromatic heterocycles. The van der Waals surface area contributed by atoms with Crippen LogP contribution >= 0.6 is 0 Å². The van der Waals surface area contributed by atoms with Crippen molar-refractivity contribution in [2.45, 2.75) is 12.4 Å². The Labute approximate surface area is 220 Å². The Morgan fingerprint density at radius 1 is 0.625 bits per heavy atom. The number of hydrogen-bond acceptors (Lipinski definition) is 6. The van der Waals surface area contributed by atoms with Crippen LogP contribution in [-0.4, -0.2) is 57.4 Å². The second-order valence-electron chi connectivity index (χ2n) is 8.63. The normalized spacial score (nSPS) is 13.4. The highest BCUT2D eigenvalue weighted by molar-refractivity contribution is 6.38. The highest BCUT2D eigenvalue weighted by Gasteiger charge is 2.37. The standard InChI is InChI=1S/C26H16F6N4O4/c27-25(28,29)11-39-23(37)21-19-9-17-5-3-15(34-17)7-13-1-2-14(33-13)8-16-4-6-18(35-16)10-20(36-19)22(21)24(38)40-12-26(30,31)32/h1-10,33-34H,11-12H2. The first-order chi connectivity index (χ1) is 18.8. The Morgan fingerprint density at radius 2 is 1.05 bits per heavy atom. The van der Waals surface area contributed by atoms with Gasteiger partial charge in [0.25, 0.3) is 0 Å². The van der Waals surface area contributed by atoms with E-state index in [0.29, 0.717) is 22.2 Å². The zero-order chi connectivity index (χ0) is 28.7. The van der Waals surface area contributed by atoms with Crippen LogP contribution in [0.5, 0.6) is 0 Å². The molecule has 0 aromatic carbocycles. The van der Waals surface area contributed by atoms with Crippen molar-refractivity contribution >= 4 is 57.3 Å². The second-order valence-corrected chi connectivity index (χ2v) is 8.63.